The van der Waals surface area contributed by atoms with Crippen LogP contribution in [0, 0.1) is 21.4 Å². The summed E-state index contributed by atoms with van der Waals surface area (Å²) in [6, 6.07) is 11.3. The molecule has 0 spiro atoms. The number of hydrogen-bond donors (Lipinski definition) is 1. The second-order valence-corrected chi connectivity index (χ2v) is 4.94. The van der Waals surface area contributed by atoms with Crippen molar-refractivity contribution in [1.82, 2.24) is 4.98 Å². The fourth-order valence-electron chi connectivity index (χ4n) is 2.69. The molecule has 0 saturated heterocycles. The number of nitriles is 1. The first-order valence-electron chi connectivity index (χ1n) is 6.56. The van der Waals surface area contributed by atoms with Crippen LogP contribution < -0.4 is 5.32 Å². The van der Waals surface area contributed by atoms with E-state index in [2.05, 4.69) is 22.4 Å². The molecule has 21 heavy (non-hydrogen) atoms. The van der Waals surface area contributed by atoms with Crippen molar-refractivity contribution < 1.29 is 4.92 Å². The van der Waals surface area contributed by atoms with E-state index in [1.54, 1.807) is 0 Å². The largest absolute Gasteiger partial charge is 0.361 e. The number of nitrogens with one attached hydrogen (secondary N) is 1. The SMILES string of the molecule is N#Cc1ccnc(NC2Cc3ccccc3C2)c1[N+](=O)[O-]. The van der Waals surface area contributed by atoms with Crippen molar-refractivity contribution in [3.63, 3.8) is 0 Å². The van der Waals surface area contributed by atoms with Crippen molar-refractivity contribution in [2.75, 3.05) is 5.32 Å². The van der Waals surface area contributed by atoms with Gasteiger partial charge in [-0.2, -0.15) is 5.26 Å². The molecule has 0 unspecified atom stereocenters. The Balaban J connectivity index is 1.88. The van der Waals surface area contributed by atoms with Crippen LogP contribution in [0.2, 0.25) is 0 Å². The zero-order valence-electron chi connectivity index (χ0n) is 11.1. The van der Waals surface area contributed by atoms with E-state index in [0.29, 0.717) is 0 Å². The van der Waals surface area contributed by atoms with Gasteiger partial charge in [-0.15, -0.1) is 0 Å². The number of anilines is 1. The molecular weight excluding hydrogens is 268 g/mol. The molecule has 1 heterocycles. The average Bonchev–Trinajstić information content (AvgIpc) is 2.88. The van der Waals surface area contributed by atoms with Crippen LogP contribution in [-0.4, -0.2) is 15.9 Å². The fraction of sp³-hybridized carbons (Fsp3) is 0.200. The van der Waals surface area contributed by atoms with E-state index >= 15 is 0 Å². The average molecular weight is 280 g/mol. The molecule has 3 rings (SSSR count). The van der Waals surface area contributed by atoms with Crippen molar-refractivity contribution in [3.8, 4) is 6.07 Å². The van der Waals surface area contributed by atoms with Gasteiger partial charge in [0.05, 0.1) is 4.92 Å². The van der Waals surface area contributed by atoms with E-state index in [-0.39, 0.29) is 23.1 Å². The molecule has 1 aromatic carbocycles. The number of aromatic nitrogens is 1. The second-order valence-electron chi connectivity index (χ2n) is 4.94. The lowest BCUT2D eigenvalue weighted by molar-refractivity contribution is -0.384. The first-order valence-corrected chi connectivity index (χ1v) is 6.56. The zero-order chi connectivity index (χ0) is 14.8. The number of fused-ring (bicyclic) bond motifs is 1. The summed E-state index contributed by atoms with van der Waals surface area (Å²) in [5, 5.41) is 23.3. The van der Waals surface area contributed by atoms with Crippen LogP contribution in [0.15, 0.2) is 36.5 Å². The quantitative estimate of drug-likeness (QED) is 0.688. The van der Waals surface area contributed by atoms with Gasteiger partial charge in [-0.1, -0.05) is 24.3 Å². The van der Waals surface area contributed by atoms with Gasteiger partial charge in [0.2, 0.25) is 5.82 Å². The van der Waals surface area contributed by atoms with E-state index in [0.717, 1.165) is 12.8 Å². The minimum Gasteiger partial charge on any atom is -0.361 e. The molecule has 1 aliphatic carbocycles. The Kier molecular flexibility index (Phi) is 3.24. The van der Waals surface area contributed by atoms with Gasteiger partial charge in [-0.05, 0) is 30.0 Å². The van der Waals surface area contributed by atoms with E-state index in [4.69, 9.17) is 5.26 Å². The summed E-state index contributed by atoms with van der Waals surface area (Å²) < 4.78 is 0. The lowest BCUT2D eigenvalue weighted by Gasteiger charge is -2.12. The summed E-state index contributed by atoms with van der Waals surface area (Å²) in [6.07, 6.45) is 3.01. The van der Waals surface area contributed by atoms with Crippen molar-refractivity contribution in [3.05, 3.63) is 63.3 Å². The number of rotatable bonds is 3. The van der Waals surface area contributed by atoms with Crippen molar-refractivity contribution >= 4 is 11.5 Å². The first-order chi connectivity index (χ1) is 10.2. The van der Waals surface area contributed by atoms with E-state index in [1.807, 2.05) is 18.2 Å². The standard InChI is InChI=1S/C15H12N4O2/c16-9-12-5-6-17-15(14(12)19(20)21)18-13-7-10-3-1-2-4-11(10)8-13/h1-6,13H,7-8H2,(H,17,18). The lowest BCUT2D eigenvalue weighted by Crippen LogP contribution is -2.21. The van der Waals surface area contributed by atoms with Gasteiger partial charge >= 0.3 is 5.69 Å². The molecule has 6 nitrogen and oxygen atoms in total. The topological polar surface area (TPSA) is 91.8 Å². The lowest BCUT2D eigenvalue weighted by atomic mass is 10.1. The molecule has 0 radical (unpaired) electrons. The molecule has 104 valence electrons. The molecule has 1 aliphatic rings. The highest BCUT2D eigenvalue weighted by molar-refractivity contribution is 5.64. The minimum atomic E-state index is -0.560. The predicted molar refractivity (Wildman–Crippen MR) is 76.9 cm³/mol. The monoisotopic (exact) mass is 280 g/mol. The first kappa shape index (κ1) is 13.1. The van der Waals surface area contributed by atoms with Crippen LogP contribution in [0.3, 0.4) is 0 Å². The Morgan fingerprint density at radius 3 is 2.52 bits per heavy atom. The Hall–Kier alpha value is -2.94. The highest BCUT2D eigenvalue weighted by atomic mass is 16.6. The minimum absolute atomic E-state index is 0.0213. The third-order valence-electron chi connectivity index (χ3n) is 3.62. The smallest absolute Gasteiger partial charge is 0.328 e. The number of pyridine rings is 1. The summed E-state index contributed by atoms with van der Waals surface area (Å²) in [6.45, 7) is 0. The Morgan fingerprint density at radius 1 is 1.29 bits per heavy atom. The number of hydrogen-bond acceptors (Lipinski definition) is 5. The third kappa shape index (κ3) is 2.41. The van der Waals surface area contributed by atoms with E-state index < -0.39 is 4.92 Å². The molecule has 1 N–H and O–H groups in total. The number of benzene rings is 1. The van der Waals surface area contributed by atoms with Crippen LogP contribution in [0.25, 0.3) is 0 Å². The molecule has 0 saturated carbocycles. The normalized spacial score (nSPS) is 13.5. The van der Waals surface area contributed by atoms with Gasteiger partial charge in [0, 0.05) is 12.2 Å². The molecular formula is C15H12N4O2. The van der Waals surface area contributed by atoms with Gasteiger partial charge in [0.15, 0.2) is 0 Å². The van der Waals surface area contributed by atoms with Crippen molar-refractivity contribution in [2.45, 2.75) is 18.9 Å². The summed E-state index contributed by atoms with van der Waals surface area (Å²) in [4.78, 5) is 14.6. The third-order valence-corrected chi connectivity index (χ3v) is 3.62. The van der Waals surface area contributed by atoms with Crippen LogP contribution in [0.5, 0.6) is 0 Å². The van der Waals surface area contributed by atoms with Gasteiger partial charge in [0.1, 0.15) is 11.6 Å². The Labute approximate surface area is 121 Å². The molecule has 1 aromatic heterocycles. The highest BCUT2D eigenvalue weighted by Crippen LogP contribution is 2.29. The fourth-order valence-corrected chi connectivity index (χ4v) is 2.69. The van der Waals surface area contributed by atoms with E-state index in [9.17, 15) is 10.1 Å². The summed E-state index contributed by atoms with van der Waals surface area (Å²) in [5.41, 5.74) is 2.26. The summed E-state index contributed by atoms with van der Waals surface area (Å²) in [5.74, 6) is 0.164. The number of nitrogens with zero attached hydrogens (tertiary/aromatic N) is 3. The predicted octanol–water partition coefficient (Wildman–Crippen LogP) is 2.44. The van der Waals surface area contributed by atoms with Crippen molar-refractivity contribution in [1.29, 1.82) is 5.26 Å². The molecule has 0 bridgehead atoms. The molecule has 0 atom stereocenters. The van der Waals surface area contributed by atoms with E-state index in [1.165, 1.54) is 23.4 Å². The maximum absolute atomic E-state index is 11.2. The Morgan fingerprint density at radius 2 is 1.95 bits per heavy atom. The van der Waals surface area contributed by atoms with Gasteiger partial charge in [0.25, 0.3) is 0 Å². The molecule has 0 fully saturated rings. The van der Waals surface area contributed by atoms with Gasteiger partial charge in [-0.25, -0.2) is 4.98 Å². The second kappa shape index (κ2) is 5.21. The summed E-state index contributed by atoms with van der Waals surface area (Å²) in [7, 11) is 0. The van der Waals surface area contributed by atoms with Crippen molar-refractivity contribution in [2.24, 2.45) is 0 Å². The van der Waals surface area contributed by atoms with Crippen LogP contribution >= 0.6 is 0 Å². The number of nitro groups is 1. The molecule has 6 heteroatoms. The molecule has 2 aromatic rings. The molecule has 0 aliphatic heterocycles. The van der Waals surface area contributed by atoms with Gasteiger partial charge < -0.3 is 5.32 Å². The zero-order valence-corrected chi connectivity index (χ0v) is 11.1. The highest BCUT2D eigenvalue weighted by Gasteiger charge is 2.26. The van der Waals surface area contributed by atoms with Gasteiger partial charge in [-0.3, -0.25) is 10.1 Å². The molecule has 0 amide bonds. The summed E-state index contributed by atoms with van der Waals surface area (Å²) >= 11 is 0. The van der Waals surface area contributed by atoms with Crippen LogP contribution in [-0.2, 0) is 12.8 Å². The maximum Gasteiger partial charge on any atom is 0.328 e. The van der Waals surface area contributed by atoms with Crippen LogP contribution in [0.1, 0.15) is 16.7 Å². The Bertz CT molecular complexity index is 727. The van der Waals surface area contributed by atoms with Crippen LogP contribution in [0.4, 0.5) is 11.5 Å². The maximum atomic E-state index is 11.2.